The molecule has 0 aliphatic carbocycles. The van der Waals surface area contributed by atoms with E-state index in [4.69, 9.17) is 4.74 Å². The Morgan fingerprint density at radius 2 is 2.15 bits per heavy atom. The van der Waals surface area contributed by atoms with E-state index < -0.39 is 11.9 Å². The Hall–Kier alpha value is -1.65. The number of aromatic nitrogens is 1. The second-order valence-electron chi connectivity index (χ2n) is 2.18. The molecule has 5 heteroatoms. The lowest BCUT2D eigenvalue weighted by Crippen LogP contribution is -2.06. The van der Waals surface area contributed by atoms with E-state index in [0.29, 0.717) is 0 Å². The number of esters is 1. The summed E-state index contributed by atoms with van der Waals surface area (Å²) >= 11 is 0. The third-order valence-corrected chi connectivity index (χ3v) is 1.42. The van der Waals surface area contributed by atoms with Gasteiger partial charge in [0.2, 0.25) is 11.8 Å². The molecule has 4 nitrogen and oxygen atoms in total. The van der Waals surface area contributed by atoms with Gasteiger partial charge in [-0.25, -0.2) is 4.79 Å². The minimum atomic E-state index is -0.704. The SMILES string of the molecule is COC(=O)c1ccc(F)nc1OC. The molecule has 0 aliphatic rings. The number of carbonyl (C=O) groups excluding carboxylic acids is 1. The van der Waals surface area contributed by atoms with Gasteiger partial charge in [-0.2, -0.15) is 9.37 Å². The van der Waals surface area contributed by atoms with E-state index >= 15 is 0 Å². The summed E-state index contributed by atoms with van der Waals surface area (Å²) in [4.78, 5) is 14.4. The van der Waals surface area contributed by atoms with Gasteiger partial charge in [0.05, 0.1) is 14.2 Å². The molecule has 70 valence electrons. The van der Waals surface area contributed by atoms with Crippen molar-refractivity contribution in [2.75, 3.05) is 14.2 Å². The Morgan fingerprint density at radius 3 is 2.69 bits per heavy atom. The monoisotopic (exact) mass is 185 g/mol. The van der Waals surface area contributed by atoms with Crippen LogP contribution in [0, 0.1) is 5.95 Å². The summed E-state index contributed by atoms with van der Waals surface area (Å²) in [5, 5.41) is 0. The third kappa shape index (κ3) is 1.93. The molecule has 0 bridgehead atoms. The Morgan fingerprint density at radius 1 is 1.46 bits per heavy atom. The number of carbonyl (C=O) groups is 1. The van der Waals surface area contributed by atoms with Crippen LogP contribution in [0.3, 0.4) is 0 Å². The van der Waals surface area contributed by atoms with E-state index in [-0.39, 0.29) is 11.4 Å². The predicted octanol–water partition coefficient (Wildman–Crippen LogP) is 1.02. The molecule has 0 radical (unpaired) electrons. The maximum absolute atomic E-state index is 12.6. The van der Waals surface area contributed by atoms with Gasteiger partial charge in [0.25, 0.3) is 0 Å². The van der Waals surface area contributed by atoms with Crippen molar-refractivity contribution in [1.29, 1.82) is 0 Å². The van der Waals surface area contributed by atoms with Crippen LogP contribution < -0.4 is 4.74 Å². The molecule has 0 saturated heterocycles. The first-order valence-electron chi connectivity index (χ1n) is 3.48. The van der Waals surface area contributed by atoms with Gasteiger partial charge in [0.15, 0.2) is 0 Å². The second-order valence-corrected chi connectivity index (χ2v) is 2.18. The van der Waals surface area contributed by atoms with E-state index in [1.165, 1.54) is 20.3 Å². The van der Waals surface area contributed by atoms with E-state index in [9.17, 15) is 9.18 Å². The molecule has 0 aromatic carbocycles. The fourth-order valence-corrected chi connectivity index (χ4v) is 0.839. The molecule has 0 amide bonds. The van der Waals surface area contributed by atoms with Gasteiger partial charge in [0, 0.05) is 0 Å². The van der Waals surface area contributed by atoms with Crippen LogP contribution in [0.5, 0.6) is 5.88 Å². The number of halogens is 1. The highest BCUT2D eigenvalue weighted by molar-refractivity contribution is 5.91. The molecule has 0 atom stereocenters. The summed E-state index contributed by atoms with van der Waals surface area (Å²) in [5.41, 5.74) is 0.103. The van der Waals surface area contributed by atoms with Gasteiger partial charge in [-0.3, -0.25) is 0 Å². The molecule has 13 heavy (non-hydrogen) atoms. The van der Waals surface area contributed by atoms with Crippen molar-refractivity contribution in [2.24, 2.45) is 0 Å². The average molecular weight is 185 g/mol. The number of pyridine rings is 1. The Balaban J connectivity index is 3.13. The molecule has 1 aromatic heterocycles. The van der Waals surface area contributed by atoms with Crippen LogP contribution in [0.15, 0.2) is 12.1 Å². The number of rotatable bonds is 2. The van der Waals surface area contributed by atoms with Gasteiger partial charge < -0.3 is 9.47 Å². The molecule has 0 unspecified atom stereocenters. The Labute approximate surface area is 74.3 Å². The minimum Gasteiger partial charge on any atom is -0.480 e. The van der Waals surface area contributed by atoms with E-state index in [1.54, 1.807) is 0 Å². The first kappa shape index (κ1) is 9.44. The molecule has 0 spiro atoms. The molecule has 1 heterocycles. The Kier molecular flexibility index (Phi) is 2.79. The summed E-state index contributed by atoms with van der Waals surface area (Å²) < 4.78 is 21.7. The molecule has 0 saturated carbocycles. The van der Waals surface area contributed by atoms with E-state index in [1.807, 2.05) is 0 Å². The highest BCUT2D eigenvalue weighted by Gasteiger charge is 2.14. The van der Waals surface area contributed by atoms with Crippen molar-refractivity contribution in [3.05, 3.63) is 23.6 Å². The number of hydrogen-bond acceptors (Lipinski definition) is 4. The van der Waals surface area contributed by atoms with E-state index in [0.717, 1.165) is 6.07 Å². The zero-order valence-corrected chi connectivity index (χ0v) is 7.20. The number of methoxy groups -OCH3 is 2. The van der Waals surface area contributed by atoms with E-state index in [2.05, 4.69) is 9.72 Å². The quantitative estimate of drug-likeness (QED) is 0.509. The van der Waals surface area contributed by atoms with Crippen molar-refractivity contribution in [2.45, 2.75) is 0 Å². The summed E-state index contributed by atoms with van der Waals surface area (Å²) in [5.74, 6) is -1.39. The van der Waals surface area contributed by atoms with Crippen LogP contribution in [0.4, 0.5) is 4.39 Å². The third-order valence-electron chi connectivity index (χ3n) is 1.42. The molecule has 1 rings (SSSR count). The second kappa shape index (κ2) is 3.84. The lowest BCUT2D eigenvalue weighted by molar-refractivity contribution is 0.0596. The maximum atomic E-state index is 12.6. The first-order valence-corrected chi connectivity index (χ1v) is 3.48. The molecule has 0 aliphatic heterocycles. The summed E-state index contributed by atoms with van der Waals surface area (Å²) in [6, 6.07) is 2.32. The summed E-state index contributed by atoms with van der Waals surface area (Å²) in [6.07, 6.45) is 0. The highest BCUT2D eigenvalue weighted by Crippen LogP contribution is 2.15. The predicted molar refractivity (Wildman–Crippen MR) is 42.1 cm³/mol. The number of hydrogen-bond donors (Lipinski definition) is 0. The van der Waals surface area contributed by atoms with Gasteiger partial charge in [-0.05, 0) is 12.1 Å². The number of nitrogens with zero attached hydrogens (tertiary/aromatic N) is 1. The molecular weight excluding hydrogens is 177 g/mol. The van der Waals surface area contributed by atoms with Crippen LogP contribution in [0.25, 0.3) is 0 Å². The zero-order chi connectivity index (χ0) is 9.84. The standard InChI is InChI=1S/C8H8FNO3/c1-12-7-5(8(11)13-2)3-4-6(9)10-7/h3-4H,1-2H3. The first-order chi connectivity index (χ1) is 6.19. The van der Waals surface area contributed by atoms with Crippen LogP contribution >= 0.6 is 0 Å². The lowest BCUT2D eigenvalue weighted by atomic mass is 10.3. The van der Waals surface area contributed by atoms with Crippen molar-refractivity contribution in [1.82, 2.24) is 4.98 Å². The molecular formula is C8H8FNO3. The zero-order valence-electron chi connectivity index (χ0n) is 7.20. The average Bonchev–Trinajstić information content (AvgIpc) is 2.16. The molecule has 0 fully saturated rings. The van der Waals surface area contributed by atoms with Gasteiger partial charge in [0.1, 0.15) is 5.56 Å². The largest absolute Gasteiger partial charge is 0.480 e. The summed E-state index contributed by atoms with van der Waals surface area (Å²) in [6.45, 7) is 0. The lowest BCUT2D eigenvalue weighted by Gasteiger charge is -2.04. The van der Waals surface area contributed by atoms with Gasteiger partial charge in [-0.15, -0.1) is 0 Å². The highest BCUT2D eigenvalue weighted by atomic mass is 19.1. The minimum absolute atomic E-state index is 0.0770. The number of ether oxygens (including phenoxy) is 2. The summed E-state index contributed by atoms with van der Waals surface area (Å²) in [7, 11) is 2.53. The van der Waals surface area contributed by atoms with Crippen LogP contribution in [0.2, 0.25) is 0 Å². The fraction of sp³-hybridized carbons (Fsp3) is 0.250. The van der Waals surface area contributed by atoms with Crippen molar-refractivity contribution in [3.8, 4) is 5.88 Å². The smallest absolute Gasteiger partial charge is 0.343 e. The topological polar surface area (TPSA) is 48.4 Å². The van der Waals surface area contributed by atoms with Crippen LogP contribution in [-0.2, 0) is 4.74 Å². The van der Waals surface area contributed by atoms with Gasteiger partial charge >= 0.3 is 5.97 Å². The van der Waals surface area contributed by atoms with Crippen molar-refractivity contribution in [3.63, 3.8) is 0 Å². The van der Waals surface area contributed by atoms with Crippen LogP contribution in [-0.4, -0.2) is 25.2 Å². The fourth-order valence-electron chi connectivity index (χ4n) is 0.839. The Bertz CT molecular complexity index is 327. The van der Waals surface area contributed by atoms with Crippen LogP contribution in [0.1, 0.15) is 10.4 Å². The maximum Gasteiger partial charge on any atom is 0.343 e. The van der Waals surface area contributed by atoms with Crippen molar-refractivity contribution >= 4 is 5.97 Å². The molecule has 1 aromatic rings. The molecule has 0 N–H and O–H groups in total. The van der Waals surface area contributed by atoms with Crippen molar-refractivity contribution < 1.29 is 18.7 Å². The normalized spacial score (nSPS) is 9.46. The van der Waals surface area contributed by atoms with Gasteiger partial charge in [-0.1, -0.05) is 0 Å².